The molecule has 0 radical (unpaired) electrons. The van der Waals surface area contributed by atoms with Crippen molar-refractivity contribution < 1.29 is 4.21 Å². The highest BCUT2D eigenvalue weighted by Crippen LogP contribution is 2.23. The van der Waals surface area contributed by atoms with Crippen molar-refractivity contribution in [3.8, 4) is 0 Å². The Morgan fingerprint density at radius 3 is 2.52 bits per heavy atom. The topological polar surface area (TPSA) is 53.5 Å². The van der Waals surface area contributed by atoms with E-state index in [-0.39, 0.29) is 28.7 Å². The summed E-state index contributed by atoms with van der Waals surface area (Å²) in [6, 6.07) is 0.526. The number of guanidine groups is 1. The Kier molecular flexibility index (Phi) is 10.1. The highest BCUT2D eigenvalue weighted by Gasteiger charge is 2.21. The summed E-state index contributed by atoms with van der Waals surface area (Å²) in [5, 5.41) is 6.77. The van der Waals surface area contributed by atoms with Gasteiger partial charge in [0.05, 0.1) is 0 Å². The highest BCUT2D eigenvalue weighted by atomic mass is 127. The van der Waals surface area contributed by atoms with Crippen molar-refractivity contribution in [3.63, 3.8) is 0 Å². The molecule has 0 aromatic carbocycles. The lowest BCUT2D eigenvalue weighted by molar-refractivity contribution is 0.324. The molecule has 1 aliphatic rings. The van der Waals surface area contributed by atoms with Crippen molar-refractivity contribution in [2.75, 3.05) is 19.3 Å². The van der Waals surface area contributed by atoms with E-state index in [1.165, 1.54) is 25.7 Å². The minimum atomic E-state index is -0.813. The number of nitrogens with zero attached hydrogens (tertiary/aromatic N) is 1. The lowest BCUT2D eigenvalue weighted by Gasteiger charge is -2.29. The van der Waals surface area contributed by atoms with Crippen LogP contribution in [0.15, 0.2) is 4.99 Å². The Balaban J connectivity index is 0.00000400. The number of nitrogens with one attached hydrogen (secondary N) is 2. The zero-order chi connectivity index (χ0) is 15.2. The molecule has 126 valence electrons. The first kappa shape index (κ1) is 21.1. The Morgan fingerprint density at radius 2 is 2.00 bits per heavy atom. The molecule has 0 spiro atoms. The van der Waals surface area contributed by atoms with Crippen molar-refractivity contribution in [2.24, 2.45) is 10.9 Å². The quantitative estimate of drug-likeness (QED) is 0.411. The lowest BCUT2D eigenvalue weighted by atomic mass is 9.87. The van der Waals surface area contributed by atoms with Crippen molar-refractivity contribution in [1.29, 1.82) is 0 Å². The van der Waals surface area contributed by atoms with Gasteiger partial charge in [0.25, 0.3) is 0 Å². The fourth-order valence-electron chi connectivity index (χ4n) is 2.52. The van der Waals surface area contributed by atoms with Gasteiger partial charge in [0.1, 0.15) is 0 Å². The zero-order valence-corrected chi connectivity index (χ0v) is 17.2. The number of halogens is 1. The molecule has 0 bridgehead atoms. The van der Waals surface area contributed by atoms with Crippen molar-refractivity contribution in [3.05, 3.63) is 0 Å². The maximum absolute atomic E-state index is 12.0. The molecular weight excluding hydrogens is 397 g/mol. The maximum atomic E-state index is 12.0. The van der Waals surface area contributed by atoms with Crippen molar-refractivity contribution in [1.82, 2.24) is 10.6 Å². The van der Waals surface area contributed by atoms with E-state index in [2.05, 4.69) is 22.5 Å². The second-order valence-electron chi connectivity index (χ2n) is 6.77. The smallest absolute Gasteiger partial charge is 0.191 e. The summed E-state index contributed by atoms with van der Waals surface area (Å²) in [4.78, 5) is 4.26. The normalized spacial score (nSPS) is 24.9. The first-order valence-electron chi connectivity index (χ1n) is 7.68. The highest BCUT2D eigenvalue weighted by molar-refractivity contribution is 14.0. The van der Waals surface area contributed by atoms with Gasteiger partial charge in [-0.2, -0.15) is 0 Å². The second-order valence-corrected chi connectivity index (χ2v) is 9.10. The first-order valence-corrected chi connectivity index (χ1v) is 9.00. The van der Waals surface area contributed by atoms with Gasteiger partial charge in [0.15, 0.2) is 5.96 Å². The van der Waals surface area contributed by atoms with Gasteiger partial charge in [-0.3, -0.25) is 9.20 Å². The average molecular weight is 429 g/mol. The molecule has 0 saturated heterocycles. The third-order valence-electron chi connectivity index (χ3n) is 3.76. The summed E-state index contributed by atoms with van der Waals surface area (Å²) in [5.74, 6) is 2.30. The van der Waals surface area contributed by atoms with Crippen molar-refractivity contribution in [2.45, 2.75) is 64.2 Å². The Hall–Kier alpha value is 0.150. The van der Waals surface area contributed by atoms with E-state index in [1.54, 1.807) is 7.05 Å². The average Bonchev–Trinajstić information content (AvgIpc) is 2.36. The van der Waals surface area contributed by atoms with E-state index < -0.39 is 10.8 Å². The zero-order valence-electron chi connectivity index (χ0n) is 14.1. The van der Waals surface area contributed by atoms with Gasteiger partial charge in [-0.1, -0.05) is 19.8 Å². The number of rotatable bonds is 4. The monoisotopic (exact) mass is 429 g/mol. The van der Waals surface area contributed by atoms with Gasteiger partial charge in [-0.05, 0) is 39.5 Å². The van der Waals surface area contributed by atoms with E-state index in [9.17, 15) is 4.21 Å². The fraction of sp³-hybridized carbons (Fsp3) is 0.933. The largest absolute Gasteiger partial charge is 0.355 e. The van der Waals surface area contributed by atoms with Gasteiger partial charge in [0.2, 0.25) is 0 Å². The van der Waals surface area contributed by atoms with E-state index in [0.717, 1.165) is 11.9 Å². The van der Waals surface area contributed by atoms with Crippen LogP contribution in [-0.2, 0) is 10.8 Å². The minimum absolute atomic E-state index is 0. The van der Waals surface area contributed by atoms with E-state index >= 15 is 0 Å². The molecule has 0 heterocycles. The Bertz CT molecular complexity index is 355. The third-order valence-corrected chi connectivity index (χ3v) is 5.70. The van der Waals surface area contributed by atoms with Gasteiger partial charge >= 0.3 is 0 Å². The van der Waals surface area contributed by atoms with Gasteiger partial charge < -0.3 is 10.6 Å². The Labute approximate surface area is 149 Å². The molecule has 0 aromatic rings. The van der Waals surface area contributed by atoms with Crippen LogP contribution in [0.3, 0.4) is 0 Å². The second kappa shape index (κ2) is 10.0. The van der Waals surface area contributed by atoms with Crippen LogP contribution in [0.5, 0.6) is 0 Å². The molecule has 1 fully saturated rings. The Morgan fingerprint density at radius 1 is 1.33 bits per heavy atom. The molecule has 3 atom stereocenters. The van der Waals surface area contributed by atoms with Crippen LogP contribution >= 0.6 is 24.0 Å². The molecule has 6 heteroatoms. The van der Waals surface area contributed by atoms with Crippen LogP contribution in [0.2, 0.25) is 0 Å². The lowest BCUT2D eigenvalue weighted by Crippen LogP contribution is -2.46. The summed E-state index contributed by atoms with van der Waals surface area (Å²) in [6.45, 7) is 9.06. The maximum Gasteiger partial charge on any atom is 0.191 e. The van der Waals surface area contributed by atoms with Gasteiger partial charge in [-0.15, -0.1) is 24.0 Å². The predicted octanol–water partition coefficient (Wildman–Crippen LogP) is 2.90. The van der Waals surface area contributed by atoms with Gasteiger partial charge in [0, 0.05) is 40.9 Å². The van der Waals surface area contributed by atoms with Crippen LogP contribution in [0.4, 0.5) is 0 Å². The van der Waals surface area contributed by atoms with E-state index in [0.29, 0.717) is 18.3 Å². The van der Waals surface area contributed by atoms with Crippen LogP contribution in [0.25, 0.3) is 0 Å². The molecule has 4 nitrogen and oxygen atoms in total. The third kappa shape index (κ3) is 8.38. The fourth-order valence-corrected chi connectivity index (χ4v) is 3.42. The molecule has 0 amide bonds. The van der Waals surface area contributed by atoms with Gasteiger partial charge in [-0.25, -0.2) is 0 Å². The van der Waals surface area contributed by atoms with Crippen LogP contribution in [0.1, 0.15) is 53.4 Å². The summed E-state index contributed by atoms with van der Waals surface area (Å²) in [7, 11) is 0.981. The molecule has 3 unspecified atom stereocenters. The molecular formula is C15H32IN3OS. The number of hydrogen-bond donors (Lipinski definition) is 2. The summed E-state index contributed by atoms with van der Waals surface area (Å²) >= 11 is 0. The molecule has 0 aromatic heterocycles. The molecule has 1 rings (SSSR count). The SMILES string of the molecule is CN=C(NCCS(=O)C(C)(C)C)NC1CCCC(C)C1.I. The summed E-state index contributed by atoms with van der Waals surface area (Å²) in [5.41, 5.74) is 0. The molecule has 21 heavy (non-hydrogen) atoms. The van der Waals surface area contributed by atoms with Crippen LogP contribution in [0, 0.1) is 5.92 Å². The van der Waals surface area contributed by atoms with E-state index in [4.69, 9.17) is 0 Å². The van der Waals surface area contributed by atoms with Crippen LogP contribution < -0.4 is 10.6 Å². The standard InChI is InChI=1S/C15H31N3OS.HI/c1-12-7-6-8-13(11-12)18-14(16-5)17-9-10-20(19)15(2,3)4;/h12-13H,6-11H2,1-5H3,(H2,16,17,18);1H. The molecule has 0 aliphatic heterocycles. The molecule has 2 N–H and O–H groups in total. The van der Waals surface area contributed by atoms with E-state index in [1.807, 2.05) is 20.8 Å². The minimum Gasteiger partial charge on any atom is -0.355 e. The molecule has 1 aliphatic carbocycles. The summed E-state index contributed by atoms with van der Waals surface area (Å²) in [6.07, 6.45) is 5.08. The number of aliphatic imine (C=N–C) groups is 1. The summed E-state index contributed by atoms with van der Waals surface area (Å²) < 4.78 is 11.8. The van der Waals surface area contributed by atoms with Crippen LogP contribution in [-0.4, -0.2) is 40.3 Å². The van der Waals surface area contributed by atoms with Crippen molar-refractivity contribution >= 4 is 40.7 Å². The number of hydrogen-bond acceptors (Lipinski definition) is 2. The molecule has 1 saturated carbocycles. The first-order chi connectivity index (χ1) is 9.32. The predicted molar refractivity (Wildman–Crippen MR) is 104 cm³/mol.